The standard InChI is InChI=1S/C24H31NO6/c1-4-27-21-13-17(14-22(28-5-2)23(21)29-6-3)24(26)25-18-9-7-10-19(15-18)31-16-20-11-8-12-30-20/h7,9-10,13-15,20H,4-6,8,11-12,16H2,1-3H3,(H,25,26). The van der Waals surface area contributed by atoms with Crippen molar-refractivity contribution < 1.29 is 28.5 Å². The molecule has 0 spiro atoms. The van der Waals surface area contributed by atoms with Crippen LogP contribution < -0.4 is 24.3 Å². The molecule has 1 amide bonds. The van der Waals surface area contributed by atoms with E-state index in [4.69, 9.17) is 23.7 Å². The summed E-state index contributed by atoms with van der Waals surface area (Å²) < 4.78 is 28.5. The van der Waals surface area contributed by atoms with E-state index in [1.165, 1.54) is 0 Å². The Morgan fingerprint density at radius 1 is 1.00 bits per heavy atom. The first-order chi connectivity index (χ1) is 15.1. The largest absolute Gasteiger partial charge is 0.491 e. The predicted octanol–water partition coefficient (Wildman–Crippen LogP) is 4.69. The third kappa shape index (κ3) is 6.28. The van der Waals surface area contributed by atoms with Crippen molar-refractivity contribution in [2.75, 3.05) is 38.4 Å². The van der Waals surface area contributed by atoms with Gasteiger partial charge >= 0.3 is 0 Å². The summed E-state index contributed by atoms with van der Waals surface area (Å²) in [5.41, 5.74) is 1.06. The Hall–Kier alpha value is -2.93. The number of anilines is 1. The van der Waals surface area contributed by atoms with Crippen LogP contribution in [0, 0.1) is 0 Å². The number of benzene rings is 2. The number of nitrogens with one attached hydrogen (secondary N) is 1. The van der Waals surface area contributed by atoms with Crippen LogP contribution in [0.25, 0.3) is 0 Å². The Kier molecular flexibility index (Phi) is 8.41. The molecule has 7 heteroatoms. The van der Waals surface area contributed by atoms with E-state index < -0.39 is 0 Å². The maximum Gasteiger partial charge on any atom is 0.255 e. The molecule has 1 aliphatic rings. The molecule has 31 heavy (non-hydrogen) atoms. The summed E-state index contributed by atoms with van der Waals surface area (Å²) in [5.74, 6) is 1.88. The third-order valence-corrected chi connectivity index (χ3v) is 4.72. The lowest BCUT2D eigenvalue weighted by atomic mass is 10.1. The molecule has 3 rings (SSSR count). The van der Waals surface area contributed by atoms with Gasteiger partial charge in [0.15, 0.2) is 11.5 Å². The summed E-state index contributed by atoms with van der Waals surface area (Å²) in [4.78, 5) is 13.0. The van der Waals surface area contributed by atoms with Crippen LogP contribution in [0.1, 0.15) is 44.0 Å². The van der Waals surface area contributed by atoms with Gasteiger partial charge < -0.3 is 29.0 Å². The van der Waals surface area contributed by atoms with E-state index in [1.54, 1.807) is 18.2 Å². The molecule has 0 aromatic heterocycles. The fraction of sp³-hybridized carbons (Fsp3) is 0.458. The first-order valence-corrected chi connectivity index (χ1v) is 10.9. The van der Waals surface area contributed by atoms with Gasteiger partial charge in [0, 0.05) is 23.9 Å². The minimum atomic E-state index is -0.277. The topological polar surface area (TPSA) is 75.3 Å². The van der Waals surface area contributed by atoms with Crippen LogP contribution in [-0.4, -0.2) is 45.0 Å². The van der Waals surface area contributed by atoms with Crippen LogP contribution in [0.15, 0.2) is 36.4 Å². The second-order valence-corrected chi connectivity index (χ2v) is 7.03. The molecule has 2 aromatic rings. The highest BCUT2D eigenvalue weighted by atomic mass is 16.5. The smallest absolute Gasteiger partial charge is 0.255 e. The van der Waals surface area contributed by atoms with Crippen molar-refractivity contribution >= 4 is 11.6 Å². The highest BCUT2D eigenvalue weighted by Gasteiger charge is 2.19. The van der Waals surface area contributed by atoms with Crippen LogP contribution in [0.4, 0.5) is 5.69 Å². The van der Waals surface area contributed by atoms with Crippen molar-refractivity contribution in [1.29, 1.82) is 0 Å². The van der Waals surface area contributed by atoms with Gasteiger partial charge in [-0.1, -0.05) is 6.07 Å². The Morgan fingerprint density at radius 2 is 1.71 bits per heavy atom. The highest BCUT2D eigenvalue weighted by molar-refractivity contribution is 6.05. The van der Waals surface area contributed by atoms with Gasteiger partial charge in [0.1, 0.15) is 12.4 Å². The van der Waals surface area contributed by atoms with Gasteiger partial charge in [0.25, 0.3) is 5.91 Å². The lowest BCUT2D eigenvalue weighted by Gasteiger charge is -2.17. The maximum absolute atomic E-state index is 13.0. The summed E-state index contributed by atoms with van der Waals surface area (Å²) >= 11 is 0. The second-order valence-electron chi connectivity index (χ2n) is 7.03. The lowest BCUT2D eigenvalue weighted by Crippen LogP contribution is -2.16. The zero-order valence-electron chi connectivity index (χ0n) is 18.4. The van der Waals surface area contributed by atoms with Gasteiger partial charge in [0.2, 0.25) is 5.75 Å². The maximum atomic E-state index is 13.0. The molecule has 1 N–H and O–H groups in total. The normalized spacial score (nSPS) is 15.4. The molecule has 1 saturated heterocycles. The van der Waals surface area contributed by atoms with Gasteiger partial charge in [-0.25, -0.2) is 0 Å². The molecule has 1 aliphatic heterocycles. The summed E-state index contributed by atoms with van der Waals surface area (Å²) in [5, 5.41) is 2.91. The first kappa shape index (κ1) is 22.7. The summed E-state index contributed by atoms with van der Waals surface area (Å²) in [7, 11) is 0. The number of hydrogen-bond donors (Lipinski definition) is 1. The highest BCUT2D eigenvalue weighted by Crippen LogP contribution is 2.39. The summed E-state index contributed by atoms with van der Waals surface area (Å²) in [6.07, 6.45) is 2.22. The van der Waals surface area contributed by atoms with Gasteiger partial charge in [0.05, 0.1) is 25.9 Å². The molecule has 0 saturated carbocycles. The second kappa shape index (κ2) is 11.5. The van der Waals surface area contributed by atoms with Crippen molar-refractivity contribution in [3.63, 3.8) is 0 Å². The van der Waals surface area contributed by atoms with Crippen LogP contribution in [0.2, 0.25) is 0 Å². The molecule has 1 fully saturated rings. The van der Waals surface area contributed by atoms with Crippen molar-refractivity contribution in [1.82, 2.24) is 0 Å². The molecule has 168 valence electrons. The Labute approximate surface area is 183 Å². The van der Waals surface area contributed by atoms with Gasteiger partial charge in [-0.2, -0.15) is 0 Å². The monoisotopic (exact) mass is 429 g/mol. The molecular formula is C24H31NO6. The van der Waals surface area contributed by atoms with E-state index >= 15 is 0 Å². The molecule has 1 atom stereocenters. The molecule has 0 bridgehead atoms. The molecule has 2 aromatic carbocycles. The van der Waals surface area contributed by atoms with E-state index in [0.717, 1.165) is 19.4 Å². The predicted molar refractivity (Wildman–Crippen MR) is 119 cm³/mol. The molecule has 1 unspecified atom stereocenters. The SMILES string of the molecule is CCOc1cc(C(=O)Nc2cccc(OCC3CCCO3)c2)cc(OCC)c1OCC. The first-order valence-electron chi connectivity index (χ1n) is 10.9. The number of carbonyl (C=O) groups excluding carboxylic acids is 1. The molecule has 0 aliphatic carbocycles. The fourth-order valence-electron chi connectivity index (χ4n) is 3.35. The van der Waals surface area contributed by atoms with Crippen molar-refractivity contribution in [2.24, 2.45) is 0 Å². The average Bonchev–Trinajstić information content (AvgIpc) is 3.29. The lowest BCUT2D eigenvalue weighted by molar-refractivity contribution is 0.0680. The summed E-state index contributed by atoms with van der Waals surface area (Å²) in [6.45, 7) is 8.30. The molecule has 0 radical (unpaired) electrons. The van der Waals surface area contributed by atoms with Gasteiger partial charge in [-0.3, -0.25) is 4.79 Å². The van der Waals surface area contributed by atoms with Crippen LogP contribution in [-0.2, 0) is 4.74 Å². The van der Waals surface area contributed by atoms with E-state index in [0.29, 0.717) is 60.7 Å². The number of rotatable bonds is 11. The van der Waals surface area contributed by atoms with E-state index in [1.807, 2.05) is 39.0 Å². The number of amides is 1. The van der Waals surface area contributed by atoms with Crippen molar-refractivity contribution in [3.05, 3.63) is 42.0 Å². The zero-order chi connectivity index (χ0) is 22.1. The Bertz CT molecular complexity index is 836. The Balaban J connectivity index is 1.75. The van der Waals surface area contributed by atoms with E-state index in [9.17, 15) is 4.79 Å². The number of carbonyl (C=O) groups is 1. The molecule has 1 heterocycles. The van der Waals surface area contributed by atoms with Crippen LogP contribution in [0.5, 0.6) is 23.0 Å². The van der Waals surface area contributed by atoms with Crippen LogP contribution >= 0.6 is 0 Å². The number of hydrogen-bond acceptors (Lipinski definition) is 6. The molecular weight excluding hydrogens is 398 g/mol. The van der Waals surface area contributed by atoms with Crippen LogP contribution in [0.3, 0.4) is 0 Å². The summed E-state index contributed by atoms with van der Waals surface area (Å²) in [6, 6.07) is 10.7. The zero-order valence-corrected chi connectivity index (χ0v) is 18.4. The van der Waals surface area contributed by atoms with E-state index in [-0.39, 0.29) is 12.0 Å². The van der Waals surface area contributed by atoms with Gasteiger partial charge in [-0.15, -0.1) is 0 Å². The molecule has 7 nitrogen and oxygen atoms in total. The van der Waals surface area contributed by atoms with Crippen molar-refractivity contribution in [2.45, 2.75) is 39.7 Å². The number of ether oxygens (including phenoxy) is 5. The van der Waals surface area contributed by atoms with E-state index in [2.05, 4.69) is 5.32 Å². The fourth-order valence-corrected chi connectivity index (χ4v) is 3.35. The third-order valence-electron chi connectivity index (χ3n) is 4.72. The minimum absolute atomic E-state index is 0.135. The van der Waals surface area contributed by atoms with Gasteiger partial charge in [-0.05, 0) is 57.9 Å². The van der Waals surface area contributed by atoms with Crippen molar-refractivity contribution in [3.8, 4) is 23.0 Å². The Morgan fingerprint density at radius 3 is 2.32 bits per heavy atom. The quantitative estimate of drug-likeness (QED) is 0.558. The average molecular weight is 430 g/mol. The minimum Gasteiger partial charge on any atom is -0.491 e.